The Bertz CT molecular complexity index is 255. The molecule has 0 aromatic heterocycles. The van der Waals surface area contributed by atoms with E-state index in [4.69, 9.17) is 0 Å². The van der Waals surface area contributed by atoms with E-state index in [1.807, 2.05) is 18.7 Å². The summed E-state index contributed by atoms with van der Waals surface area (Å²) in [7, 11) is 2.23. The van der Waals surface area contributed by atoms with Crippen LogP contribution in [0.3, 0.4) is 0 Å². The minimum absolute atomic E-state index is 0.139. The molecule has 0 saturated carbocycles. The van der Waals surface area contributed by atoms with Crippen molar-refractivity contribution in [1.82, 2.24) is 9.80 Å². The fourth-order valence-electron chi connectivity index (χ4n) is 2.54. The molecule has 1 amide bonds. The standard InChI is InChI=1S/C15H30N2O/c1-12(2)6-9-16(5)14-7-10-17(11-8-14)15(18)13(3)4/h12-14H,6-11H2,1-5H3. The maximum Gasteiger partial charge on any atom is 0.225 e. The second-order valence-electron chi connectivity index (χ2n) is 6.37. The fourth-order valence-corrected chi connectivity index (χ4v) is 2.54. The van der Waals surface area contributed by atoms with E-state index < -0.39 is 0 Å². The van der Waals surface area contributed by atoms with Gasteiger partial charge < -0.3 is 9.80 Å². The van der Waals surface area contributed by atoms with E-state index in [1.165, 1.54) is 13.0 Å². The molecule has 0 bridgehead atoms. The van der Waals surface area contributed by atoms with Gasteiger partial charge >= 0.3 is 0 Å². The lowest BCUT2D eigenvalue weighted by Gasteiger charge is -2.37. The molecule has 0 unspecified atom stereocenters. The Balaban J connectivity index is 2.32. The third-order valence-electron chi connectivity index (χ3n) is 3.95. The maximum absolute atomic E-state index is 11.9. The predicted octanol–water partition coefficient (Wildman–Crippen LogP) is 2.61. The Labute approximate surface area is 113 Å². The van der Waals surface area contributed by atoms with Crippen molar-refractivity contribution in [2.24, 2.45) is 11.8 Å². The molecule has 1 heterocycles. The number of carbonyl (C=O) groups is 1. The molecular weight excluding hydrogens is 224 g/mol. The molecule has 0 N–H and O–H groups in total. The number of nitrogens with zero attached hydrogens (tertiary/aromatic N) is 2. The van der Waals surface area contributed by atoms with E-state index in [0.29, 0.717) is 11.9 Å². The van der Waals surface area contributed by atoms with Crippen LogP contribution < -0.4 is 0 Å². The zero-order chi connectivity index (χ0) is 13.7. The molecule has 1 aliphatic heterocycles. The van der Waals surface area contributed by atoms with Gasteiger partial charge in [-0.05, 0) is 38.8 Å². The van der Waals surface area contributed by atoms with Crippen LogP contribution in [0.5, 0.6) is 0 Å². The van der Waals surface area contributed by atoms with Gasteiger partial charge in [0.1, 0.15) is 0 Å². The second-order valence-corrected chi connectivity index (χ2v) is 6.37. The first-order valence-corrected chi connectivity index (χ1v) is 7.40. The Hall–Kier alpha value is -0.570. The summed E-state index contributed by atoms with van der Waals surface area (Å²) in [5, 5.41) is 0. The van der Waals surface area contributed by atoms with Gasteiger partial charge in [-0.15, -0.1) is 0 Å². The van der Waals surface area contributed by atoms with Crippen molar-refractivity contribution >= 4 is 5.91 Å². The fraction of sp³-hybridized carbons (Fsp3) is 0.933. The van der Waals surface area contributed by atoms with Gasteiger partial charge in [-0.3, -0.25) is 4.79 Å². The topological polar surface area (TPSA) is 23.6 Å². The van der Waals surface area contributed by atoms with Gasteiger partial charge in [0, 0.05) is 25.0 Å². The number of hydrogen-bond acceptors (Lipinski definition) is 2. The number of likely N-dealkylation sites (tertiary alicyclic amines) is 1. The first-order chi connectivity index (χ1) is 8.41. The number of piperidine rings is 1. The Morgan fingerprint density at radius 1 is 1.22 bits per heavy atom. The number of amides is 1. The molecule has 1 aliphatic rings. The molecule has 0 aromatic carbocycles. The maximum atomic E-state index is 11.9. The summed E-state index contributed by atoms with van der Waals surface area (Å²) in [6.45, 7) is 11.6. The summed E-state index contributed by atoms with van der Waals surface area (Å²) in [5.41, 5.74) is 0. The third-order valence-corrected chi connectivity index (χ3v) is 3.95. The highest BCUT2D eigenvalue weighted by atomic mass is 16.2. The number of hydrogen-bond donors (Lipinski definition) is 0. The highest BCUT2D eigenvalue weighted by molar-refractivity contribution is 5.78. The lowest BCUT2D eigenvalue weighted by molar-refractivity contribution is -0.136. The van der Waals surface area contributed by atoms with Crippen LogP contribution in [-0.2, 0) is 4.79 Å². The van der Waals surface area contributed by atoms with Crippen LogP contribution in [0.1, 0.15) is 47.0 Å². The summed E-state index contributed by atoms with van der Waals surface area (Å²) in [5.74, 6) is 1.23. The van der Waals surface area contributed by atoms with Crippen molar-refractivity contribution in [3.8, 4) is 0 Å². The molecule has 0 radical (unpaired) electrons. The van der Waals surface area contributed by atoms with E-state index in [9.17, 15) is 4.79 Å². The zero-order valence-corrected chi connectivity index (χ0v) is 12.8. The van der Waals surface area contributed by atoms with Crippen molar-refractivity contribution < 1.29 is 4.79 Å². The highest BCUT2D eigenvalue weighted by Gasteiger charge is 2.26. The van der Waals surface area contributed by atoms with Crippen molar-refractivity contribution in [3.63, 3.8) is 0 Å². The lowest BCUT2D eigenvalue weighted by Crippen LogP contribution is -2.46. The SMILES string of the molecule is CC(C)CCN(C)C1CCN(C(=O)C(C)C)CC1. The van der Waals surface area contributed by atoms with Crippen molar-refractivity contribution in [3.05, 3.63) is 0 Å². The molecule has 0 atom stereocenters. The Kier molecular flexibility index (Phi) is 6.13. The normalized spacial score (nSPS) is 18.1. The molecule has 0 aliphatic carbocycles. The van der Waals surface area contributed by atoms with Crippen molar-refractivity contribution in [2.45, 2.75) is 53.0 Å². The minimum atomic E-state index is 0.139. The van der Waals surface area contributed by atoms with E-state index in [-0.39, 0.29) is 5.92 Å². The van der Waals surface area contributed by atoms with E-state index in [0.717, 1.165) is 31.8 Å². The predicted molar refractivity (Wildman–Crippen MR) is 76.5 cm³/mol. The largest absolute Gasteiger partial charge is 0.342 e. The van der Waals surface area contributed by atoms with Gasteiger partial charge in [-0.1, -0.05) is 27.7 Å². The van der Waals surface area contributed by atoms with Crippen LogP contribution in [0.15, 0.2) is 0 Å². The monoisotopic (exact) mass is 254 g/mol. The Morgan fingerprint density at radius 2 is 1.78 bits per heavy atom. The average molecular weight is 254 g/mol. The quantitative estimate of drug-likeness (QED) is 0.753. The van der Waals surface area contributed by atoms with Gasteiger partial charge in [0.2, 0.25) is 5.91 Å². The first kappa shape index (κ1) is 15.5. The average Bonchev–Trinajstić information content (AvgIpc) is 2.35. The molecule has 18 heavy (non-hydrogen) atoms. The van der Waals surface area contributed by atoms with Gasteiger partial charge in [-0.25, -0.2) is 0 Å². The molecule has 3 nitrogen and oxygen atoms in total. The molecule has 1 fully saturated rings. The van der Waals surface area contributed by atoms with E-state index >= 15 is 0 Å². The smallest absolute Gasteiger partial charge is 0.225 e. The summed E-state index contributed by atoms with van der Waals surface area (Å²) in [4.78, 5) is 16.4. The molecule has 1 rings (SSSR count). The van der Waals surface area contributed by atoms with Crippen LogP contribution in [0.2, 0.25) is 0 Å². The van der Waals surface area contributed by atoms with Crippen LogP contribution in [-0.4, -0.2) is 48.4 Å². The van der Waals surface area contributed by atoms with Gasteiger partial charge in [0.15, 0.2) is 0 Å². The van der Waals surface area contributed by atoms with Crippen LogP contribution in [0.25, 0.3) is 0 Å². The molecule has 0 aromatic rings. The van der Waals surface area contributed by atoms with E-state index in [2.05, 4.69) is 25.8 Å². The molecule has 106 valence electrons. The zero-order valence-electron chi connectivity index (χ0n) is 12.8. The van der Waals surface area contributed by atoms with Crippen LogP contribution in [0.4, 0.5) is 0 Å². The van der Waals surface area contributed by atoms with Crippen LogP contribution in [0, 0.1) is 11.8 Å². The molecule has 1 saturated heterocycles. The van der Waals surface area contributed by atoms with Gasteiger partial charge in [0.25, 0.3) is 0 Å². The number of rotatable bonds is 5. The second kappa shape index (κ2) is 7.13. The molecule has 0 spiro atoms. The van der Waals surface area contributed by atoms with Crippen molar-refractivity contribution in [2.75, 3.05) is 26.7 Å². The van der Waals surface area contributed by atoms with Crippen LogP contribution >= 0.6 is 0 Å². The third kappa shape index (κ3) is 4.60. The summed E-state index contributed by atoms with van der Waals surface area (Å²) in [6.07, 6.45) is 3.53. The first-order valence-electron chi connectivity index (χ1n) is 7.40. The van der Waals surface area contributed by atoms with Crippen molar-refractivity contribution in [1.29, 1.82) is 0 Å². The summed E-state index contributed by atoms with van der Waals surface area (Å²) >= 11 is 0. The van der Waals surface area contributed by atoms with Gasteiger partial charge in [0.05, 0.1) is 0 Å². The number of carbonyl (C=O) groups excluding carboxylic acids is 1. The van der Waals surface area contributed by atoms with E-state index in [1.54, 1.807) is 0 Å². The Morgan fingerprint density at radius 3 is 2.22 bits per heavy atom. The highest BCUT2D eigenvalue weighted by Crippen LogP contribution is 2.18. The lowest BCUT2D eigenvalue weighted by atomic mass is 10.0. The summed E-state index contributed by atoms with van der Waals surface area (Å²) in [6, 6.07) is 0.667. The van der Waals surface area contributed by atoms with Gasteiger partial charge in [-0.2, -0.15) is 0 Å². The minimum Gasteiger partial charge on any atom is -0.342 e. The molecular formula is C15H30N2O. The molecule has 3 heteroatoms. The summed E-state index contributed by atoms with van der Waals surface area (Å²) < 4.78 is 0.